The van der Waals surface area contributed by atoms with Crippen LogP contribution in [0.25, 0.3) is 5.65 Å². The minimum absolute atomic E-state index is 0.0866. The van der Waals surface area contributed by atoms with Crippen LogP contribution < -0.4 is 0 Å². The van der Waals surface area contributed by atoms with Crippen LogP contribution in [0, 0.1) is 0 Å². The van der Waals surface area contributed by atoms with Crippen molar-refractivity contribution in [3.05, 3.63) is 66.1 Å². The van der Waals surface area contributed by atoms with Gasteiger partial charge in [0.25, 0.3) is 5.91 Å². The van der Waals surface area contributed by atoms with Gasteiger partial charge in [-0.3, -0.25) is 4.79 Å². The van der Waals surface area contributed by atoms with E-state index in [0.717, 1.165) is 6.42 Å². The van der Waals surface area contributed by atoms with Gasteiger partial charge in [0, 0.05) is 32.1 Å². The molecule has 0 saturated carbocycles. The van der Waals surface area contributed by atoms with Crippen molar-refractivity contribution in [2.45, 2.75) is 6.42 Å². The summed E-state index contributed by atoms with van der Waals surface area (Å²) in [5.74, 6) is -0.0866. The first kappa shape index (κ1) is 13.3. The van der Waals surface area contributed by atoms with Crippen LogP contribution in [0.2, 0.25) is 0 Å². The molecule has 2 aromatic heterocycles. The molecule has 0 aliphatic heterocycles. The normalized spacial score (nSPS) is 10.7. The summed E-state index contributed by atoms with van der Waals surface area (Å²) < 4.78 is 1.61. The van der Waals surface area contributed by atoms with E-state index in [0.29, 0.717) is 17.9 Å². The summed E-state index contributed by atoms with van der Waals surface area (Å²) >= 11 is 0. The van der Waals surface area contributed by atoms with Gasteiger partial charge in [-0.05, 0) is 18.1 Å². The lowest BCUT2D eigenvalue weighted by Gasteiger charge is -2.15. The Morgan fingerprint density at radius 3 is 2.81 bits per heavy atom. The number of aromatic nitrogens is 3. The number of hydrogen-bond donors (Lipinski definition) is 0. The van der Waals surface area contributed by atoms with Crippen LogP contribution in [-0.2, 0) is 6.42 Å². The zero-order valence-corrected chi connectivity index (χ0v) is 11.8. The average Bonchev–Trinajstić information content (AvgIpc) is 2.97. The standard InChI is InChI=1S/C16H16N4O/c1-19(11-8-13-6-3-2-4-7-13)16(21)14-12-15-17-9-5-10-20(15)18-14/h2-7,9-10,12H,8,11H2,1H3. The summed E-state index contributed by atoms with van der Waals surface area (Å²) in [6, 6.07) is 13.6. The Morgan fingerprint density at radius 2 is 2.05 bits per heavy atom. The fourth-order valence-corrected chi connectivity index (χ4v) is 2.17. The topological polar surface area (TPSA) is 50.5 Å². The molecule has 0 aliphatic rings. The third-order valence-electron chi connectivity index (χ3n) is 3.38. The second-order valence-electron chi connectivity index (χ2n) is 4.91. The molecule has 3 rings (SSSR count). The predicted molar refractivity (Wildman–Crippen MR) is 80.1 cm³/mol. The third kappa shape index (κ3) is 2.91. The number of likely N-dealkylation sites (N-methyl/N-ethyl adjacent to an activating group) is 1. The molecule has 0 saturated heterocycles. The Kier molecular flexibility index (Phi) is 3.64. The summed E-state index contributed by atoms with van der Waals surface area (Å²) in [5.41, 5.74) is 2.32. The van der Waals surface area contributed by atoms with Gasteiger partial charge >= 0.3 is 0 Å². The number of amides is 1. The van der Waals surface area contributed by atoms with Crippen molar-refractivity contribution in [2.75, 3.05) is 13.6 Å². The molecule has 0 N–H and O–H groups in total. The van der Waals surface area contributed by atoms with Crippen molar-refractivity contribution in [1.29, 1.82) is 0 Å². The van der Waals surface area contributed by atoms with E-state index in [-0.39, 0.29) is 5.91 Å². The highest BCUT2D eigenvalue weighted by molar-refractivity contribution is 5.93. The molecule has 106 valence electrons. The van der Waals surface area contributed by atoms with E-state index in [4.69, 9.17) is 0 Å². The smallest absolute Gasteiger partial charge is 0.274 e. The number of nitrogens with zero attached hydrogens (tertiary/aromatic N) is 4. The van der Waals surface area contributed by atoms with Crippen LogP contribution in [0.3, 0.4) is 0 Å². The molecule has 0 bridgehead atoms. The van der Waals surface area contributed by atoms with Crippen LogP contribution in [0.15, 0.2) is 54.9 Å². The molecule has 5 heteroatoms. The first-order valence-corrected chi connectivity index (χ1v) is 6.84. The van der Waals surface area contributed by atoms with Crippen LogP contribution in [0.4, 0.5) is 0 Å². The first-order valence-electron chi connectivity index (χ1n) is 6.84. The number of carbonyl (C=O) groups is 1. The minimum atomic E-state index is -0.0866. The van der Waals surface area contributed by atoms with E-state index in [1.807, 2.05) is 18.2 Å². The maximum absolute atomic E-state index is 12.4. The van der Waals surface area contributed by atoms with Crippen LogP contribution in [0.1, 0.15) is 16.1 Å². The number of carbonyl (C=O) groups excluding carboxylic acids is 1. The van der Waals surface area contributed by atoms with Gasteiger partial charge in [-0.15, -0.1) is 0 Å². The van der Waals surface area contributed by atoms with Gasteiger partial charge < -0.3 is 4.90 Å². The molecule has 3 aromatic rings. The third-order valence-corrected chi connectivity index (χ3v) is 3.38. The summed E-state index contributed by atoms with van der Waals surface area (Å²) in [4.78, 5) is 18.2. The molecule has 0 atom stereocenters. The van der Waals surface area contributed by atoms with Gasteiger partial charge in [-0.1, -0.05) is 30.3 Å². The van der Waals surface area contributed by atoms with Crippen molar-refractivity contribution in [2.24, 2.45) is 0 Å². The van der Waals surface area contributed by atoms with Gasteiger partial charge in [0.15, 0.2) is 11.3 Å². The lowest BCUT2D eigenvalue weighted by atomic mass is 10.1. The zero-order valence-electron chi connectivity index (χ0n) is 11.8. The van der Waals surface area contributed by atoms with Crippen molar-refractivity contribution in [1.82, 2.24) is 19.5 Å². The number of fused-ring (bicyclic) bond motifs is 1. The van der Waals surface area contributed by atoms with Crippen molar-refractivity contribution in [3.63, 3.8) is 0 Å². The molecule has 1 amide bonds. The van der Waals surface area contributed by atoms with Gasteiger partial charge in [-0.2, -0.15) is 5.10 Å². The van der Waals surface area contributed by atoms with Crippen molar-refractivity contribution in [3.8, 4) is 0 Å². The number of hydrogen-bond acceptors (Lipinski definition) is 3. The number of benzene rings is 1. The second-order valence-corrected chi connectivity index (χ2v) is 4.91. The minimum Gasteiger partial charge on any atom is -0.340 e. The highest BCUT2D eigenvalue weighted by Gasteiger charge is 2.15. The van der Waals surface area contributed by atoms with Gasteiger partial charge in [-0.25, -0.2) is 9.50 Å². The molecule has 21 heavy (non-hydrogen) atoms. The number of rotatable bonds is 4. The molecule has 0 spiro atoms. The second kappa shape index (κ2) is 5.75. The molecular formula is C16H16N4O. The lowest BCUT2D eigenvalue weighted by Crippen LogP contribution is -2.29. The quantitative estimate of drug-likeness (QED) is 0.735. The molecule has 0 aliphatic carbocycles. The Balaban J connectivity index is 1.69. The highest BCUT2D eigenvalue weighted by Crippen LogP contribution is 2.07. The van der Waals surface area contributed by atoms with Crippen LogP contribution in [0.5, 0.6) is 0 Å². The molecule has 5 nitrogen and oxygen atoms in total. The SMILES string of the molecule is CN(CCc1ccccc1)C(=O)c1cc2ncccn2n1. The molecule has 1 aromatic carbocycles. The van der Waals surface area contributed by atoms with Crippen LogP contribution >= 0.6 is 0 Å². The van der Waals surface area contributed by atoms with E-state index in [2.05, 4.69) is 22.2 Å². The molecule has 0 unspecified atom stereocenters. The van der Waals surface area contributed by atoms with Crippen molar-refractivity contribution < 1.29 is 4.79 Å². The highest BCUT2D eigenvalue weighted by atomic mass is 16.2. The van der Waals surface area contributed by atoms with E-state index in [9.17, 15) is 4.79 Å². The monoisotopic (exact) mass is 280 g/mol. The Morgan fingerprint density at radius 1 is 1.24 bits per heavy atom. The van der Waals surface area contributed by atoms with E-state index >= 15 is 0 Å². The van der Waals surface area contributed by atoms with Crippen molar-refractivity contribution >= 4 is 11.6 Å². The fraction of sp³-hybridized carbons (Fsp3) is 0.188. The Labute approximate surface area is 122 Å². The maximum atomic E-state index is 12.4. The Bertz CT molecular complexity index is 718. The van der Waals surface area contributed by atoms with Gasteiger partial charge in [0.05, 0.1) is 0 Å². The lowest BCUT2D eigenvalue weighted by molar-refractivity contribution is 0.0790. The summed E-state index contributed by atoms with van der Waals surface area (Å²) in [5, 5.41) is 4.25. The summed E-state index contributed by atoms with van der Waals surface area (Å²) in [7, 11) is 1.79. The van der Waals surface area contributed by atoms with Crippen LogP contribution in [-0.4, -0.2) is 39.0 Å². The molecule has 0 radical (unpaired) electrons. The predicted octanol–water partition coefficient (Wildman–Crippen LogP) is 2.04. The summed E-state index contributed by atoms with van der Waals surface area (Å²) in [6.07, 6.45) is 4.29. The fourth-order valence-electron chi connectivity index (χ4n) is 2.17. The molecule has 0 fully saturated rings. The van der Waals surface area contributed by atoms with E-state index < -0.39 is 0 Å². The maximum Gasteiger partial charge on any atom is 0.274 e. The van der Waals surface area contributed by atoms with Gasteiger partial charge in [0.1, 0.15) is 0 Å². The average molecular weight is 280 g/mol. The largest absolute Gasteiger partial charge is 0.340 e. The van der Waals surface area contributed by atoms with E-state index in [1.165, 1.54) is 5.56 Å². The summed E-state index contributed by atoms with van der Waals surface area (Å²) in [6.45, 7) is 0.657. The Hall–Kier alpha value is -2.69. The molecular weight excluding hydrogens is 264 g/mol. The van der Waals surface area contributed by atoms with Gasteiger partial charge in [0.2, 0.25) is 0 Å². The zero-order chi connectivity index (χ0) is 14.7. The first-order chi connectivity index (χ1) is 10.2. The molecule has 2 heterocycles. The van der Waals surface area contributed by atoms with E-state index in [1.54, 1.807) is 41.0 Å².